The van der Waals surface area contributed by atoms with Crippen LogP contribution in [0.2, 0.25) is 0 Å². The van der Waals surface area contributed by atoms with Gasteiger partial charge in [-0.05, 0) is 19.6 Å². The fourth-order valence-electron chi connectivity index (χ4n) is 1.64. The van der Waals surface area contributed by atoms with Crippen LogP contribution in [0.15, 0.2) is 4.90 Å². The van der Waals surface area contributed by atoms with E-state index in [2.05, 4.69) is 5.32 Å². The second-order valence-corrected chi connectivity index (χ2v) is 5.80. The quantitative estimate of drug-likeness (QED) is 0.415. The molecule has 0 amide bonds. The van der Waals surface area contributed by atoms with Crippen molar-refractivity contribution in [3.63, 3.8) is 0 Å². The van der Waals surface area contributed by atoms with E-state index in [1.54, 1.807) is 11.8 Å². The lowest BCUT2D eigenvalue weighted by atomic mass is 10.2. The van der Waals surface area contributed by atoms with Crippen molar-refractivity contribution < 1.29 is 9.53 Å². The number of anilines is 2. The Labute approximate surface area is 123 Å². The molecule has 0 bridgehead atoms. The Morgan fingerprint density at radius 1 is 1.47 bits per heavy atom. The van der Waals surface area contributed by atoms with Gasteiger partial charge < -0.3 is 15.8 Å². The molecule has 19 heavy (non-hydrogen) atoms. The number of carbonyl (C=O) groups is 1. The molecule has 0 radical (unpaired) electrons. The molecule has 0 aliphatic heterocycles. The number of carbonyl (C=O) groups excluding carboxylic acids is 1. The topological polar surface area (TPSA) is 64.3 Å². The zero-order chi connectivity index (χ0) is 14.3. The van der Waals surface area contributed by atoms with E-state index in [4.69, 9.17) is 10.5 Å². The number of ketones is 1. The molecular formula is C13H22N2O2S2. The Kier molecular flexibility index (Phi) is 7.27. The van der Waals surface area contributed by atoms with E-state index in [1.807, 2.05) is 20.1 Å². The molecule has 0 fully saturated rings. The maximum Gasteiger partial charge on any atom is 0.174 e. The standard InChI is InChI=1S/C13H22N2O2S2/c1-4-9(16)11-10(14)12(18-3)13(19-11)15-7-6-8-17-5-2/h15H,4-8,14H2,1-3H3. The molecule has 3 N–H and O–H groups in total. The Morgan fingerprint density at radius 3 is 2.79 bits per heavy atom. The predicted octanol–water partition coefficient (Wildman–Crippen LogP) is 3.48. The molecule has 0 aliphatic rings. The number of rotatable bonds is 9. The molecular weight excluding hydrogens is 280 g/mol. The summed E-state index contributed by atoms with van der Waals surface area (Å²) in [6.07, 6.45) is 3.41. The van der Waals surface area contributed by atoms with E-state index in [9.17, 15) is 4.79 Å². The van der Waals surface area contributed by atoms with Gasteiger partial charge in [0, 0.05) is 26.2 Å². The van der Waals surface area contributed by atoms with Crippen molar-refractivity contribution in [1.29, 1.82) is 0 Å². The number of thioether (sulfide) groups is 1. The molecule has 0 aliphatic carbocycles. The number of thiophene rings is 1. The molecule has 1 rings (SSSR count). The number of hydrogen-bond donors (Lipinski definition) is 2. The summed E-state index contributed by atoms with van der Waals surface area (Å²) in [7, 11) is 0. The van der Waals surface area contributed by atoms with Gasteiger partial charge in [-0.3, -0.25) is 4.79 Å². The van der Waals surface area contributed by atoms with Crippen LogP contribution in [0.3, 0.4) is 0 Å². The van der Waals surface area contributed by atoms with Crippen LogP contribution in [0.4, 0.5) is 10.7 Å². The van der Waals surface area contributed by atoms with Crippen molar-refractivity contribution in [2.24, 2.45) is 0 Å². The highest BCUT2D eigenvalue weighted by atomic mass is 32.2. The molecule has 0 saturated carbocycles. The van der Waals surface area contributed by atoms with Crippen LogP contribution in [0.5, 0.6) is 0 Å². The molecule has 108 valence electrons. The fourth-order valence-corrected chi connectivity index (χ4v) is 3.71. The van der Waals surface area contributed by atoms with Gasteiger partial charge in [0.2, 0.25) is 0 Å². The average Bonchev–Trinajstić information content (AvgIpc) is 2.74. The number of Topliss-reactive ketones (excluding diaryl/α,β-unsaturated/α-hetero) is 1. The lowest BCUT2D eigenvalue weighted by Gasteiger charge is -2.06. The summed E-state index contributed by atoms with van der Waals surface area (Å²) in [4.78, 5) is 13.5. The van der Waals surface area contributed by atoms with Gasteiger partial charge in [0.15, 0.2) is 5.78 Å². The zero-order valence-electron chi connectivity index (χ0n) is 11.7. The normalized spacial score (nSPS) is 10.7. The van der Waals surface area contributed by atoms with Gasteiger partial charge >= 0.3 is 0 Å². The fraction of sp³-hybridized carbons (Fsp3) is 0.615. The third-order valence-electron chi connectivity index (χ3n) is 2.63. The minimum atomic E-state index is 0.111. The van der Waals surface area contributed by atoms with Crippen LogP contribution in [-0.4, -0.2) is 31.8 Å². The number of ether oxygens (including phenoxy) is 1. The van der Waals surface area contributed by atoms with E-state index in [0.29, 0.717) is 17.0 Å². The van der Waals surface area contributed by atoms with Gasteiger partial charge in [0.05, 0.1) is 15.5 Å². The molecule has 0 saturated heterocycles. The molecule has 0 atom stereocenters. The zero-order valence-corrected chi connectivity index (χ0v) is 13.4. The monoisotopic (exact) mass is 302 g/mol. The van der Waals surface area contributed by atoms with E-state index in [0.717, 1.165) is 36.1 Å². The highest BCUT2D eigenvalue weighted by Crippen LogP contribution is 2.42. The summed E-state index contributed by atoms with van der Waals surface area (Å²) < 4.78 is 5.29. The Hall–Kier alpha value is -0.720. The van der Waals surface area contributed by atoms with Crippen molar-refractivity contribution >= 4 is 39.6 Å². The Morgan fingerprint density at radius 2 is 2.21 bits per heavy atom. The lowest BCUT2D eigenvalue weighted by Crippen LogP contribution is -2.05. The second-order valence-electron chi connectivity index (χ2n) is 3.96. The smallest absolute Gasteiger partial charge is 0.174 e. The molecule has 1 aromatic heterocycles. The molecule has 6 heteroatoms. The molecule has 0 aromatic carbocycles. The maximum absolute atomic E-state index is 11.8. The second kappa shape index (κ2) is 8.45. The summed E-state index contributed by atoms with van der Waals surface area (Å²) in [6, 6.07) is 0. The van der Waals surface area contributed by atoms with E-state index >= 15 is 0 Å². The van der Waals surface area contributed by atoms with E-state index in [1.165, 1.54) is 11.3 Å². The molecule has 0 spiro atoms. The summed E-state index contributed by atoms with van der Waals surface area (Å²) in [5, 5.41) is 4.35. The van der Waals surface area contributed by atoms with E-state index < -0.39 is 0 Å². The summed E-state index contributed by atoms with van der Waals surface area (Å²) in [5.74, 6) is 0.111. The largest absolute Gasteiger partial charge is 0.396 e. The number of nitrogens with one attached hydrogen (secondary N) is 1. The predicted molar refractivity (Wildman–Crippen MR) is 84.7 cm³/mol. The SMILES string of the molecule is CCOCCCNc1sc(C(=O)CC)c(N)c1SC. The van der Waals surface area contributed by atoms with Crippen LogP contribution < -0.4 is 11.1 Å². The van der Waals surface area contributed by atoms with Gasteiger partial charge in [0.1, 0.15) is 5.00 Å². The third kappa shape index (κ3) is 4.40. The third-order valence-corrected chi connectivity index (χ3v) is 4.80. The van der Waals surface area contributed by atoms with Crippen LogP contribution in [-0.2, 0) is 4.74 Å². The first kappa shape index (κ1) is 16.3. The van der Waals surface area contributed by atoms with Crippen LogP contribution in [0, 0.1) is 0 Å². The van der Waals surface area contributed by atoms with E-state index in [-0.39, 0.29) is 5.78 Å². The molecule has 0 unspecified atom stereocenters. The highest BCUT2D eigenvalue weighted by molar-refractivity contribution is 7.99. The molecule has 1 aromatic rings. The Balaban J connectivity index is 2.69. The van der Waals surface area contributed by atoms with Crippen LogP contribution >= 0.6 is 23.1 Å². The van der Waals surface area contributed by atoms with Crippen molar-refractivity contribution in [1.82, 2.24) is 0 Å². The number of nitrogen functional groups attached to an aromatic ring is 1. The van der Waals surface area contributed by atoms with Crippen LogP contribution in [0.25, 0.3) is 0 Å². The van der Waals surface area contributed by atoms with Gasteiger partial charge in [-0.25, -0.2) is 0 Å². The van der Waals surface area contributed by atoms with Gasteiger partial charge in [-0.1, -0.05) is 6.92 Å². The van der Waals surface area contributed by atoms with Gasteiger partial charge in [0.25, 0.3) is 0 Å². The first-order chi connectivity index (χ1) is 9.15. The lowest BCUT2D eigenvalue weighted by molar-refractivity contribution is 0.0992. The van der Waals surface area contributed by atoms with Crippen molar-refractivity contribution in [2.75, 3.05) is 37.1 Å². The van der Waals surface area contributed by atoms with Crippen molar-refractivity contribution in [3.8, 4) is 0 Å². The van der Waals surface area contributed by atoms with Gasteiger partial charge in [-0.2, -0.15) is 0 Å². The molecule has 1 heterocycles. The Bertz CT molecular complexity index is 419. The summed E-state index contributed by atoms with van der Waals surface area (Å²) >= 11 is 3.04. The number of hydrogen-bond acceptors (Lipinski definition) is 6. The van der Waals surface area contributed by atoms with Crippen molar-refractivity contribution in [2.45, 2.75) is 31.6 Å². The average molecular weight is 302 g/mol. The summed E-state index contributed by atoms with van der Waals surface area (Å²) in [5.41, 5.74) is 6.67. The minimum absolute atomic E-state index is 0.111. The maximum atomic E-state index is 11.8. The highest BCUT2D eigenvalue weighted by Gasteiger charge is 2.19. The van der Waals surface area contributed by atoms with Gasteiger partial charge in [-0.15, -0.1) is 23.1 Å². The molecule has 4 nitrogen and oxygen atoms in total. The van der Waals surface area contributed by atoms with Crippen LogP contribution in [0.1, 0.15) is 36.4 Å². The first-order valence-corrected chi connectivity index (χ1v) is 8.50. The minimum Gasteiger partial charge on any atom is -0.396 e. The summed E-state index contributed by atoms with van der Waals surface area (Å²) in [6.45, 7) is 6.17. The first-order valence-electron chi connectivity index (χ1n) is 6.46. The number of nitrogens with two attached hydrogens (primary N) is 1. The van der Waals surface area contributed by atoms with Crippen molar-refractivity contribution in [3.05, 3.63) is 4.88 Å².